The number of anilines is 3. The minimum atomic E-state index is -0.555. The molecule has 0 radical (unpaired) electrons. The van der Waals surface area contributed by atoms with Crippen LogP contribution >= 0.6 is 0 Å². The Morgan fingerprint density at radius 2 is 1.59 bits per heavy atom. The zero-order valence-corrected chi connectivity index (χ0v) is 18.8. The summed E-state index contributed by atoms with van der Waals surface area (Å²) in [5.74, 6) is -1.17. The van der Waals surface area contributed by atoms with Crippen LogP contribution in [-0.4, -0.2) is 32.0 Å². The molecule has 1 N–H and O–H groups in total. The first-order chi connectivity index (χ1) is 16.6. The molecule has 0 unspecified atom stereocenters. The lowest BCUT2D eigenvalue weighted by molar-refractivity contribution is -0.120. The summed E-state index contributed by atoms with van der Waals surface area (Å²) >= 11 is 0. The Hall–Kier alpha value is -4.13. The average molecular weight is 458 g/mol. The highest BCUT2D eigenvalue weighted by Crippen LogP contribution is 2.37. The highest BCUT2D eigenvalue weighted by molar-refractivity contribution is 6.46. The van der Waals surface area contributed by atoms with Gasteiger partial charge in [0, 0.05) is 30.0 Å². The zero-order valence-electron chi connectivity index (χ0n) is 18.8. The Kier molecular flexibility index (Phi) is 5.76. The molecule has 0 aromatic heterocycles. The smallest absolute Gasteiger partial charge is 0.282 e. The van der Waals surface area contributed by atoms with E-state index in [1.807, 2.05) is 24.3 Å². The van der Waals surface area contributed by atoms with Crippen molar-refractivity contribution in [2.75, 3.05) is 35.3 Å². The number of halogens is 1. The SMILES string of the molecule is COc1ccccc1C1=C(Nc2ccc(N3CCCC3)cc2)C(=O)N(c2cccc(F)c2)C1=O. The second kappa shape index (κ2) is 9.02. The molecule has 3 aromatic rings. The quantitative estimate of drug-likeness (QED) is 0.537. The Bertz CT molecular complexity index is 1280. The molecular weight excluding hydrogens is 433 g/mol. The van der Waals surface area contributed by atoms with Crippen LogP contribution in [0, 0.1) is 5.82 Å². The molecule has 2 aliphatic heterocycles. The molecule has 5 rings (SSSR count). The summed E-state index contributed by atoms with van der Waals surface area (Å²) in [6.45, 7) is 2.07. The number of para-hydroxylation sites is 1. The molecule has 0 spiro atoms. The van der Waals surface area contributed by atoms with Crippen molar-refractivity contribution in [3.63, 3.8) is 0 Å². The van der Waals surface area contributed by atoms with E-state index in [0.29, 0.717) is 17.0 Å². The van der Waals surface area contributed by atoms with Gasteiger partial charge in [-0.3, -0.25) is 9.59 Å². The molecular formula is C27H24FN3O3. The molecule has 0 atom stereocenters. The molecule has 1 fully saturated rings. The molecule has 0 saturated carbocycles. The fourth-order valence-corrected chi connectivity index (χ4v) is 4.47. The first-order valence-electron chi connectivity index (χ1n) is 11.2. The first-order valence-corrected chi connectivity index (χ1v) is 11.2. The maximum Gasteiger partial charge on any atom is 0.282 e. The van der Waals surface area contributed by atoms with E-state index in [1.54, 1.807) is 24.3 Å². The third-order valence-electron chi connectivity index (χ3n) is 6.13. The van der Waals surface area contributed by atoms with Crippen molar-refractivity contribution >= 4 is 34.4 Å². The van der Waals surface area contributed by atoms with Gasteiger partial charge in [0.2, 0.25) is 0 Å². The summed E-state index contributed by atoms with van der Waals surface area (Å²) < 4.78 is 19.4. The van der Waals surface area contributed by atoms with Gasteiger partial charge in [-0.2, -0.15) is 0 Å². The number of hydrogen-bond acceptors (Lipinski definition) is 5. The van der Waals surface area contributed by atoms with Crippen molar-refractivity contribution in [1.29, 1.82) is 0 Å². The van der Waals surface area contributed by atoms with Crippen molar-refractivity contribution in [2.24, 2.45) is 0 Å². The van der Waals surface area contributed by atoms with E-state index in [2.05, 4.69) is 10.2 Å². The van der Waals surface area contributed by atoms with E-state index in [-0.39, 0.29) is 17.0 Å². The van der Waals surface area contributed by atoms with Crippen LogP contribution < -0.4 is 19.9 Å². The van der Waals surface area contributed by atoms with Crippen molar-refractivity contribution in [1.82, 2.24) is 0 Å². The topological polar surface area (TPSA) is 61.9 Å². The number of hydrogen-bond donors (Lipinski definition) is 1. The summed E-state index contributed by atoms with van der Waals surface area (Å²) in [5.41, 5.74) is 2.75. The molecule has 1 saturated heterocycles. The number of benzene rings is 3. The summed E-state index contributed by atoms with van der Waals surface area (Å²) in [4.78, 5) is 30.4. The van der Waals surface area contributed by atoms with Gasteiger partial charge in [0.05, 0.1) is 18.4 Å². The lowest BCUT2D eigenvalue weighted by Gasteiger charge is -2.18. The molecule has 0 aliphatic carbocycles. The fraction of sp³-hybridized carbons (Fsp3) is 0.185. The van der Waals surface area contributed by atoms with Gasteiger partial charge in [0.1, 0.15) is 17.3 Å². The highest BCUT2D eigenvalue weighted by atomic mass is 19.1. The first kappa shape index (κ1) is 21.7. The van der Waals surface area contributed by atoms with E-state index in [9.17, 15) is 14.0 Å². The lowest BCUT2D eigenvalue weighted by atomic mass is 10.0. The normalized spacial score (nSPS) is 15.9. The fourth-order valence-electron chi connectivity index (χ4n) is 4.47. The molecule has 6 nitrogen and oxygen atoms in total. The standard InChI is InChI=1S/C27H24FN3O3/c1-34-23-10-3-2-9-22(23)24-25(27(33)31(26(24)32)21-8-6-7-18(28)17-21)29-19-11-13-20(14-12-19)30-15-4-5-16-30/h2-3,6-14,17,29H,4-5,15-16H2,1H3. The van der Waals surface area contributed by atoms with E-state index in [0.717, 1.165) is 23.7 Å². The van der Waals surface area contributed by atoms with Crippen molar-refractivity contribution < 1.29 is 18.7 Å². The molecule has 7 heteroatoms. The third-order valence-corrected chi connectivity index (χ3v) is 6.13. The Morgan fingerprint density at radius 1 is 0.853 bits per heavy atom. The van der Waals surface area contributed by atoms with Gasteiger partial charge in [-0.1, -0.05) is 24.3 Å². The number of imide groups is 1. The minimum absolute atomic E-state index is 0.118. The number of amides is 2. The number of ether oxygens (including phenoxy) is 1. The molecule has 3 aromatic carbocycles. The summed E-state index contributed by atoms with van der Waals surface area (Å²) in [6, 6.07) is 20.3. The van der Waals surface area contributed by atoms with E-state index in [4.69, 9.17) is 4.74 Å². The van der Waals surface area contributed by atoms with Crippen LogP contribution in [0.1, 0.15) is 18.4 Å². The van der Waals surface area contributed by atoms with Crippen LogP contribution in [0.5, 0.6) is 5.75 Å². The van der Waals surface area contributed by atoms with E-state index < -0.39 is 17.6 Å². The largest absolute Gasteiger partial charge is 0.496 e. The lowest BCUT2D eigenvalue weighted by Crippen LogP contribution is -2.32. The van der Waals surface area contributed by atoms with Gasteiger partial charge in [0.25, 0.3) is 11.8 Å². The number of methoxy groups -OCH3 is 1. The van der Waals surface area contributed by atoms with Gasteiger partial charge in [-0.05, 0) is 61.4 Å². The molecule has 2 aliphatic rings. The van der Waals surface area contributed by atoms with E-state index in [1.165, 1.54) is 44.2 Å². The molecule has 0 bridgehead atoms. The summed E-state index contributed by atoms with van der Waals surface area (Å²) in [7, 11) is 1.51. The number of rotatable bonds is 6. The maximum atomic E-state index is 13.9. The van der Waals surface area contributed by atoms with Gasteiger partial charge < -0.3 is 15.0 Å². The number of nitrogens with one attached hydrogen (secondary N) is 1. The Morgan fingerprint density at radius 3 is 2.29 bits per heavy atom. The van der Waals surface area contributed by atoms with Gasteiger partial charge in [-0.25, -0.2) is 9.29 Å². The third kappa shape index (κ3) is 3.90. The van der Waals surface area contributed by atoms with Crippen LogP contribution in [0.15, 0.2) is 78.5 Å². The summed E-state index contributed by atoms with van der Waals surface area (Å²) in [5, 5.41) is 3.15. The number of nitrogens with zero attached hydrogens (tertiary/aromatic N) is 2. The van der Waals surface area contributed by atoms with Crippen LogP contribution in [0.4, 0.5) is 21.5 Å². The molecule has 34 heavy (non-hydrogen) atoms. The van der Waals surface area contributed by atoms with Crippen LogP contribution in [0.25, 0.3) is 5.57 Å². The second-order valence-corrected chi connectivity index (χ2v) is 8.24. The minimum Gasteiger partial charge on any atom is -0.496 e. The van der Waals surface area contributed by atoms with Crippen LogP contribution in [-0.2, 0) is 9.59 Å². The Labute approximate surface area is 197 Å². The predicted molar refractivity (Wildman–Crippen MR) is 130 cm³/mol. The van der Waals surface area contributed by atoms with Crippen molar-refractivity contribution in [3.05, 3.63) is 89.9 Å². The van der Waals surface area contributed by atoms with Crippen LogP contribution in [0.3, 0.4) is 0 Å². The van der Waals surface area contributed by atoms with Gasteiger partial charge in [0.15, 0.2) is 0 Å². The summed E-state index contributed by atoms with van der Waals surface area (Å²) in [6.07, 6.45) is 2.36. The molecule has 2 amide bonds. The van der Waals surface area contributed by atoms with Gasteiger partial charge >= 0.3 is 0 Å². The molecule has 2 heterocycles. The average Bonchev–Trinajstić information content (AvgIpc) is 3.47. The predicted octanol–water partition coefficient (Wildman–Crippen LogP) is 4.83. The molecule has 172 valence electrons. The maximum absolute atomic E-state index is 13.9. The number of carbonyl (C=O) groups is 2. The van der Waals surface area contributed by atoms with Crippen molar-refractivity contribution in [3.8, 4) is 5.75 Å². The van der Waals surface area contributed by atoms with Crippen LogP contribution in [0.2, 0.25) is 0 Å². The second-order valence-electron chi connectivity index (χ2n) is 8.24. The van der Waals surface area contributed by atoms with Gasteiger partial charge in [-0.15, -0.1) is 0 Å². The van der Waals surface area contributed by atoms with Crippen molar-refractivity contribution in [2.45, 2.75) is 12.8 Å². The monoisotopic (exact) mass is 457 g/mol. The highest BCUT2D eigenvalue weighted by Gasteiger charge is 2.41. The number of carbonyl (C=O) groups excluding carboxylic acids is 2. The Balaban J connectivity index is 1.55. The van der Waals surface area contributed by atoms with E-state index >= 15 is 0 Å². The zero-order chi connectivity index (χ0) is 23.7.